The van der Waals surface area contributed by atoms with Crippen LogP contribution >= 0.6 is 0 Å². The van der Waals surface area contributed by atoms with E-state index in [-0.39, 0.29) is 18.0 Å². The molecule has 0 aromatic carbocycles. The Bertz CT molecular complexity index is 628. The van der Waals surface area contributed by atoms with E-state index < -0.39 is 10.0 Å². The molecule has 2 aromatic heterocycles. The maximum absolute atomic E-state index is 12.0. The third kappa shape index (κ3) is 2.61. The SMILES string of the molecule is Cc1[nH]ncc1CNS(=O)(=O)c1c[nH]c(CN)c1. The van der Waals surface area contributed by atoms with Crippen LogP contribution < -0.4 is 10.5 Å². The van der Waals surface area contributed by atoms with Crippen molar-refractivity contribution in [1.29, 1.82) is 0 Å². The molecular formula is C10H15N5O2S. The molecule has 18 heavy (non-hydrogen) atoms. The van der Waals surface area contributed by atoms with Gasteiger partial charge in [0.05, 0.1) is 11.1 Å². The third-order valence-corrected chi connectivity index (χ3v) is 4.01. The zero-order valence-corrected chi connectivity index (χ0v) is 10.7. The van der Waals surface area contributed by atoms with Crippen molar-refractivity contribution in [3.63, 3.8) is 0 Å². The molecule has 0 saturated heterocycles. The van der Waals surface area contributed by atoms with Crippen LogP contribution in [0.2, 0.25) is 0 Å². The summed E-state index contributed by atoms with van der Waals surface area (Å²) in [6.45, 7) is 2.31. The number of rotatable bonds is 5. The summed E-state index contributed by atoms with van der Waals surface area (Å²) in [7, 11) is -3.52. The van der Waals surface area contributed by atoms with E-state index in [9.17, 15) is 8.42 Å². The van der Waals surface area contributed by atoms with E-state index in [2.05, 4.69) is 19.9 Å². The van der Waals surface area contributed by atoms with E-state index in [1.807, 2.05) is 6.92 Å². The summed E-state index contributed by atoms with van der Waals surface area (Å²) in [4.78, 5) is 2.99. The van der Waals surface area contributed by atoms with E-state index >= 15 is 0 Å². The summed E-state index contributed by atoms with van der Waals surface area (Å²) in [5, 5.41) is 6.58. The van der Waals surface area contributed by atoms with E-state index in [1.165, 1.54) is 12.3 Å². The fraction of sp³-hybridized carbons (Fsp3) is 0.300. The molecule has 0 amide bonds. The van der Waals surface area contributed by atoms with Gasteiger partial charge >= 0.3 is 0 Å². The van der Waals surface area contributed by atoms with Crippen molar-refractivity contribution in [1.82, 2.24) is 19.9 Å². The number of hydrogen-bond donors (Lipinski definition) is 4. The van der Waals surface area contributed by atoms with Crippen LogP contribution in [0.15, 0.2) is 23.4 Å². The average Bonchev–Trinajstić information content (AvgIpc) is 2.95. The van der Waals surface area contributed by atoms with Gasteiger partial charge < -0.3 is 10.7 Å². The Hall–Kier alpha value is -1.64. The number of aryl methyl sites for hydroxylation is 1. The number of nitrogens with two attached hydrogens (primary N) is 1. The molecule has 0 aliphatic carbocycles. The van der Waals surface area contributed by atoms with Crippen molar-refractivity contribution >= 4 is 10.0 Å². The number of sulfonamides is 1. The van der Waals surface area contributed by atoms with Gasteiger partial charge in [-0.15, -0.1) is 0 Å². The molecule has 7 nitrogen and oxygen atoms in total. The molecule has 2 aromatic rings. The number of nitrogens with zero attached hydrogens (tertiary/aromatic N) is 1. The smallest absolute Gasteiger partial charge is 0.242 e. The molecule has 0 unspecified atom stereocenters. The molecule has 2 rings (SSSR count). The van der Waals surface area contributed by atoms with Gasteiger partial charge in [0, 0.05) is 36.2 Å². The topological polar surface area (TPSA) is 117 Å². The second-order valence-electron chi connectivity index (χ2n) is 3.91. The molecule has 0 radical (unpaired) electrons. The lowest BCUT2D eigenvalue weighted by atomic mass is 10.3. The molecule has 2 heterocycles. The number of hydrogen-bond acceptors (Lipinski definition) is 4. The molecule has 0 aliphatic heterocycles. The Morgan fingerprint density at radius 2 is 2.28 bits per heavy atom. The number of aromatic nitrogens is 3. The van der Waals surface area contributed by atoms with Crippen molar-refractivity contribution in [3.8, 4) is 0 Å². The molecule has 0 spiro atoms. The van der Waals surface area contributed by atoms with Crippen LogP contribution in [0, 0.1) is 6.92 Å². The fourth-order valence-corrected chi connectivity index (χ4v) is 2.53. The van der Waals surface area contributed by atoms with E-state index in [4.69, 9.17) is 5.73 Å². The monoisotopic (exact) mass is 269 g/mol. The summed E-state index contributed by atoms with van der Waals surface area (Å²) in [5.41, 5.74) is 7.75. The Balaban J connectivity index is 2.10. The maximum atomic E-state index is 12.0. The maximum Gasteiger partial charge on any atom is 0.242 e. The average molecular weight is 269 g/mol. The molecule has 5 N–H and O–H groups in total. The lowest BCUT2D eigenvalue weighted by Gasteiger charge is -2.03. The zero-order valence-electron chi connectivity index (χ0n) is 9.90. The molecule has 8 heteroatoms. The number of nitrogens with one attached hydrogen (secondary N) is 3. The fourth-order valence-electron chi connectivity index (χ4n) is 1.50. The first-order valence-electron chi connectivity index (χ1n) is 5.39. The minimum atomic E-state index is -3.52. The van der Waals surface area contributed by atoms with Crippen LogP contribution in [-0.4, -0.2) is 23.6 Å². The second-order valence-corrected chi connectivity index (χ2v) is 5.68. The Morgan fingerprint density at radius 3 is 2.83 bits per heavy atom. The molecule has 0 fully saturated rings. The minimum Gasteiger partial charge on any atom is -0.363 e. The van der Waals surface area contributed by atoms with Crippen molar-refractivity contribution in [3.05, 3.63) is 35.4 Å². The van der Waals surface area contributed by atoms with Crippen molar-refractivity contribution in [2.45, 2.75) is 24.9 Å². The second kappa shape index (κ2) is 4.92. The standard InChI is InChI=1S/C10H15N5O2S/c1-7-8(4-13-15-7)5-14-18(16,17)10-2-9(3-11)12-6-10/h2,4,6,12,14H,3,5,11H2,1H3,(H,13,15). The van der Waals surface area contributed by atoms with Gasteiger partial charge in [0.15, 0.2) is 0 Å². The summed E-state index contributed by atoms with van der Waals surface area (Å²) >= 11 is 0. The van der Waals surface area contributed by atoms with Crippen molar-refractivity contribution < 1.29 is 8.42 Å². The minimum absolute atomic E-state index is 0.184. The Kier molecular flexibility index (Phi) is 3.50. The first-order valence-corrected chi connectivity index (χ1v) is 6.87. The molecule has 0 atom stereocenters. The molecule has 98 valence electrons. The summed E-state index contributed by atoms with van der Waals surface area (Å²) < 4.78 is 26.4. The molecule has 0 aliphatic rings. The van der Waals surface area contributed by atoms with Gasteiger partial charge in [0.2, 0.25) is 10.0 Å². The van der Waals surface area contributed by atoms with Crippen LogP contribution in [0.1, 0.15) is 17.0 Å². The molecular weight excluding hydrogens is 254 g/mol. The highest BCUT2D eigenvalue weighted by atomic mass is 32.2. The normalized spacial score (nSPS) is 11.9. The van der Waals surface area contributed by atoms with Gasteiger partial charge in [-0.3, -0.25) is 5.10 Å². The number of aromatic amines is 2. The van der Waals surface area contributed by atoms with Crippen LogP contribution in [-0.2, 0) is 23.1 Å². The lowest BCUT2D eigenvalue weighted by molar-refractivity contribution is 0.581. The highest BCUT2D eigenvalue weighted by Gasteiger charge is 2.16. The summed E-state index contributed by atoms with van der Waals surface area (Å²) in [6, 6.07) is 1.52. The van der Waals surface area contributed by atoms with Crippen LogP contribution in [0.25, 0.3) is 0 Å². The van der Waals surface area contributed by atoms with Crippen molar-refractivity contribution in [2.75, 3.05) is 0 Å². The molecule has 0 saturated carbocycles. The van der Waals surface area contributed by atoms with E-state index in [0.29, 0.717) is 5.69 Å². The van der Waals surface area contributed by atoms with Crippen molar-refractivity contribution in [2.24, 2.45) is 5.73 Å². The summed E-state index contributed by atoms with van der Waals surface area (Å²) in [6.07, 6.45) is 3.02. The van der Waals surface area contributed by atoms with Gasteiger partial charge in [-0.05, 0) is 13.0 Å². The largest absolute Gasteiger partial charge is 0.363 e. The predicted molar refractivity (Wildman–Crippen MR) is 66.0 cm³/mol. The van der Waals surface area contributed by atoms with Gasteiger partial charge in [-0.1, -0.05) is 0 Å². The zero-order chi connectivity index (χ0) is 13.2. The van der Waals surface area contributed by atoms with Gasteiger partial charge in [0.25, 0.3) is 0 Å². The highest BCUT2D eigenvalue weighted by Crippen LogP contribution is 2.11. The Labute approximate surface area is 105 Å². The highest BCUT2D eigenvalue weighted by molar-refractivity contribution is 7.89. The van der Waals surface area contributed by atoms with Crippen LogP contribution in [0.4, 0.5) is 0 Å². The third-order valence-electron chi connectivity index (χ3n) is 2.63. The first kappa shape index (κ1) is 12.8. The van der Waals surface area contributed by atoms with E-state index in [0.717, 1.165) is 11.3 Å². The quantitative estimate of drug-likeness (QED) is 0.610. The first-order chi connectivity index (χ1) is 8.53. The molecule has 0 bridgehead atoms. The van der Waals surface area contributed by atoms with Crippen LogP contribution in [0.5, 0.6) is 0 Å². The number of H-pyrrole nitrogens is 2. The summed E-state index contributed by atoms with van der Waals surface area (Å²) in [5.74, 6) is 0. The predicted octanol–water partition coefficient (Wildman–Crippen LogP) is -0.0166. The van der Waals surface area contributed by atoms with Gasteiger partial charge in [0.1, 0.15) is 0 Å². The van der Waals surface area contributed by atoms with Crippen LogP contribution in [0.3, 0.4) is 0 Å². The van der Waals surface area contributed by atoms with E-state index in [1.54, 1.807) is 6.20 Å². The van der Waals surface area contributed by atoms with Gasteiger partial charge in [-0.2, -0.15) is 5.10 Å². The Morgan fingerprint density at radius 1 is 1.50 bits per heavy atom. The lowest BCUT2D eigenvalue weighted by Crippen LogP contribution is -2.23. The van der Waals surface area contributed by atoms with Gasteiger partial charge in [-0.25, -0.2) is 13.1 Å².